The Morgan fingerprint density at radius 2 is 1.84 bits per heavy atom. The Kier molecular flexibility index (Phi) is 5.55. The highest BCUT2D eigenvalue weighted by atomic mass is 32.2. The number of sulfone groups is 1. The number of ether oxygens (including phenoxy) is 2. The number of carbonyl (C=O) groups excluding carboxylic acids is 2. The van der Waals surface area contributed by atoms with Crippen molar-refractivity contribution in [1.82, 2.24) is 5.32 Å². The quantitative estimate of drug-likeness (QED) is 0.766. The van der Waals surface area contributed by atoms with E-state index in [0.29, 0.717) is 6.42 Å². The molecule has 1 heterocycles. The molecule has 0 aliphatic carbocycles. The standard InChI is InChI=1S/C14H14F3NO6S/c15-14(16,17)24-11-3-1-9(2-4-11)13(20)23-7-12(19)18-10-5-6-25(21,22)8-10/h1-4,10H,5-8H2,(H,18,19). The Hall–Kier alpha value is -2.30. The molecule has 1 aromatic carbocycles. The fourth-order valence-corrected chi connectivity index (χ4v) is 3.86. The van der Waals surface area contributed by atoms with E-state index in [-0.39, 0.29) is 17.1 Å². The normalized spacial score (nSPS) is 19.2. The molecule has 1 saturated heterocycles. The zero-order valence-electron chi connectivity index (χ0n) is 12.7. The van der Waals surface area contributed by atoms with Gasteiger partial charge < -0.3 is 14.8 Å². The molecule has 1 unspecified atom stereocenters. The van der Waals surface area contributed by atoms with Crippen LogP contribution in [0.1, 0.15) is 16.8 Å². The summed E-state index contributed by atoms with van der Waals surface area (Å²) in [5.41, 5.74) is -0.0641. The van der Waals surface area contributed by atoms with Crippen molar-refractivity contribution < 1.29 is 40.7 Å². The van der Waals surface area contributed by atoms with E-state index in [0.717, 1.165) is 24.3 Å². The molecule has 0 radical (unpaired) electrons. The summed E-state index contributed by atoms with van der Waals surface area (Å²) in [6.45, 7) is -0.629. The molecule has 138 valence electrons. The number of halogens is 3. The Balaban J connectivity index is 1.80. The van der Waals surface area contributed by atoms with Gasteiger partial charge in [0.25, 0.3) is 5.91 Å². The third-order valence-corrected chi connectivity index (χ3v) is 5.02. The summed E-state index contributed by atoms with van der Waals surface area (Å²) in [5, 5.41) is 2.44. The third kappa shape index (κ3) is 6.25. The lowest BCUT2D eigenvalue weighted by Gasteiger charge is -2.11. The molecule has 2 rings (SSSR count). The van der Waals surface area contributed by atoms with Crippen LogP contribution in [-0.2, 0) is 19.4 Å². The molecule has 1 fully saturated rings. The van der Waals surface area contributed by atoms with E-state index in [1.807, 2.05) is 0 Å². The molecule has 0 bridgehead atoms. The van der Waals surface area contributed by atoms with E-state index < -0.39 is 46.5 Å². The molecule has 0 saturated carbocycles. The highest BCUT2D eigenvalue weighted by Crippen LogP contribution is 2.22. The Morgan fingerprint density at radius 1 is 1.20 bits per heavy atom. The molecule has 1 atom stereocenters. The van der Waals surface area contributed by atoms with Crippen LogP contribution in [0, 0.1) is 0 Å². The average Bonchev–Trinajstić information content (AvgIpc) is 2.82. The monoisotopic (exact) mass is 381 g/mol. The molecule has 7 nitrogen and oxygen atoms in total. The summed E-state index contributed by atoms with van der Waals surface area (Å²) >= 11 is 0. The second-order valence-electron chi connectivity index (χ2n) is 5.32. The van der Waals surface area contributed by atoms with Gasteiger partial charge in [0.1, 0.15) is 5.75 Å². The van der Waals surface area contributed by atoms with Crippen LogP contribution in [-0.4, -0.2) is 50.8 Å². The van der Waals surface area contributed by atoms with Gasteiger partial charge in [0.15, 0.2) is 16.4 Å². The zero-order valence-corrected chi connectivity index (χ0v) is 13.5. The van der Waals surface area contributed by atoms with E-state index in [4.69, 9.17) is 4.74 Å². The minimum Gasteiger partial charge on any atom is -0.452 e. The van der Waals surface area contributed by atoms with Gasteiger partial charge in [0, 0.05) is 6.04 Å². The minimum atomic E-state index is -4.84. The maximum absolute atomic E-state index is 12.0. The number of rotatable bonds is 5. The lowest BCUT2D eigenvalue weighted by Crippen LogP contribution is -2.38. The number of nitrogens with one attached hydrogen (secondary N) is 1. The van der Waals surface area contributed by atoms with Crippen molar-refractivity contribution in [3.63, 3.8) is 0 Å². The summed E-state index contributed by atoms with van der Waals surface area (Å²) in [4.78, 5) is 23.4. The molecule has 1 aliphatic heterocycles. The number of amides is 1. The van der Waals surface area contributed by atoms with Crippen LogP contribution >= 0.6 is 0 Å². The summed E-state index contributed by atoms with van der Waals surface area (Å²) in [6.07, 6.45) is -4.55. The Labute approximate surface area is 141 Å². The second-order valence-corrected chi connectivity index (χ2v) is 7.54. The summed E-state index contributed by atoms with van der Waals surface area (Å²) in [7, 11) is -3.15. The summed E-state index contributed by atoms with van der Waals surface area (Å²) < 4.78 is 67.0. The van der Waals surface area contributed by atoms with Gasteiger partial charge in [-0.3, -0.25) is 4.79 Å². The van der Waals surface area contributed by atoms with Crippen LogP contribution in [0.25, 0.3) is 0 Å². The number of hydrogen-bond donors (Lipinski definition) is 1. The van der Waals surface area contributed by atoms with Crippen LogP contribution in [0.2, 0.25) is 0 Å². The van der Waals surface area contributed by atoms with Gasteiger partial charge in [-0.1, -0.05) is 0 Å². The zero-order chi connectivity index (χ0) is 18.7. The van der Waals surface area contributed by atoms with Gasteiger partial charge in [-0.05, 0) is 30.7 Å². The van der Waals surface area contributed by atoms with E-state index in [2.05, 4.69) is 10.1 Å². The van der Waals surface area contributed by atoms with E-state index in [9.17, 15) is 31.2 Å². The fraction of sp³-hybridized carbons (Fsp3) is 0.429. The van der Waals surface area contributed by atoms with E-state index in [1.54, 1.807) is 0 Å². The van der Waals surface area contributed by atoms with Crippen LogP contribution in [0.3, 0.4) is 0 Å². The fourth-order valence-electron chi connectivity index (χ4n) is 2.19. The van der Waals surface area contributed by atoms with Gasteiger partial charge in [-0.2, -0.15) is 0 Å². The first-order chi connectivity index (χ1) is 11.5. The molecular weight excluding hydrogens is 367 g/mol. The number of esters is 1. The lowest BCUT2D eigenvalue weighted by atomic mass is 10.2. The van der Waals surface area contributed by atoms with Crippen LogP contribution in [0.5, 0.6) is 5.75 Å². The van der Waals surface area contributed by atoms with Crippen molar-refractivity contribution in [2.45, 2.75) is 18.8 Å². The van der Waals surface area contributed by atoms with Gasteiger partial charge >= 0.3 is 12.3 Å². The summed E-state index contributed by atoms with van der Waals surface area (Å²) in [5.74, 6) is -2.23. The van der Waals surface area contributed by atoms with Crippen molar-refractivity contribution >= 4 is 21.7 Å². The molecule has 1 aliphatic rings. The van der Waals surface area contributed by atoms with Crippen molar-refractivity contribution in [2.75, 3.05) is 18.1 Å². The molecule has 1 N–H and O–H groups in total. The Bertz CT molecular complexity index is 745. The third-order valence-electron chi connectivity index (χ3n) is 3.26. The van der Waals surface area contributed by atoms with E-state index >= 15 is 0 Å². The first-order valence-corrected chi connectivity index (χ1v) is 8.89. The first kappa shape index (κ1) is 19.0. The molecule has 11 heteroatoms. The van der Waals surface area contributed by atoms with Gasteiger partial charge in [0.05, 0.1) is 17.1 Å². The molecule has 0 spiro atoms. The van der Waals surface area contributed by atoms with Crippen LogP contribution < -0.4 is 10.1 Å². The minimum absolute atomic E-state index is 0.00984. The smallest absolute Gasteiger partial charge is 0.452 e. The van der Waals surface area contributed by atoms with Gasteiger partial charge in [0.2, 0.25) is 0 Å². The van der Waals surface area contributed by atoms with Gasteiger partial charge in [-0.15, -0.1) is 13.2 Å². The number of hydrogen-bond acceptors (Lipinski definition) is 6. The first-order valence-electron chi connectivity index (χ1n) is 7.07. The van der Waals surface area contributed by atoms with Crippen LogP contribution in [0.4, 0.5) is 13.2 Å². The molecule has 1 aromatic rings. The highest BCUT2D eigenvalue weighted by Gasteiger charge is 2.31. The summed E-state index contributed by atoms with van der Waals surface area (Å²) in [6, 6.07) is 3.48. The van der Waals surface area contributed by atoms with Crippen molar-refractivity contribution in [1.29, 1.82) is 0 Å². The Morgan fingerprint density at radius 3 is 2.36 bits per heavy atom. The number of alkyl halides is 3. The predicted octanol–water partition coefficient (Wildman–Crippen LogP) is 1.05. The number of carbonyl (C=O) groups is 2. The van der Waals surface area contributed by atoms with Crippen molar-refractivity contribution in [3.05, 3.63) is 29.8 Å². The van der Waals surface area contributed by atoms with Crippen molar-refractivity contribution in [3.8, 4) is 5.75 Å². The van der Waals surface area contributed by atoms with E-state index in [1.165, 1.54) is 0 Å². The van der Waals surface area contributed by atoms with Crippen LogP contribution in [0.15, 0.2) is 24.3 Å². The maximum atomic E-state index is 12.0. The maximum Gasteiger partial charge on any atom is 0.573 e. The average molecular weight is 381 g/mol. The topological polar surface area (TPSA) is 98.8 Å². The highest BCUT2D eigenvalue weighted by molar-refractivity contribution is 7.91. The number of benzene rings is 1. The van der Waals surface area contributed by atoms with Crippen molar-refractivity contribution in [2.24, 2.45) is 0 Å². The SMILES string of the molecule is O=C(COC(=O)c1ccc(OC(F)(F)F)cc1)NC1CCS(=O)(=O)C1. The predicted molar refractivity (Wildman–Crippen MR) is 78.6 cm³/mol. The van der Waals surface area contributed by atoms with Gasteiger partial charge in [-0.25, -0.2) is 13.2 Å². The molecular formula is C14H14F3NO6S. The largest absolute Gasteiger partial charge is 0.573 e. The second kappa shape index (κ2) is 7.30. The lowest BCUT2D eigenvalue weighted by molar-refractivity contribution is -0.274. The molecule has 0 aromatic heterocycles. The molecule has 25 heavy (non-hydrogen) atoms. The molecule has 1 amide bonds.